The maximum atomic E-state index is 11.5. The molecule has 2 saturated heterocycles. The molecular weight excluding hydrogens is 250 g/mol. The fourth-order valence-electron chi connectivity index (χ4n) is 2.46. The summed E-state index contributed by atoms with van der Waals surface area (Å²) in [5, 5.41) is 9.04. The molecular formula is C9H12BrNO3. The van der Waals surface area contributed by atoms with E-state index in [1.807, 2.05) is 0 Å². The molecule has 2 fully saturated rings. The summed E-state index contributed by atoms with van der Waals surface area (Å²) < 4.78 is 0. The molecule has 2 heterocycles. The number of hydrogen-bond acceptors (Lipinski definition) is 2. The molecule has 0 saturated carbocycles. The zero-order valence-electron chi connectivity index (χ0n) is 7.65. The quantitative estimate of drug-likeness (QED) is 0.675. The first-order chi connectivity index (χ1) is 6.61. The van der Waals surface area contributed by atoms with Crippen LogP contribution in [0.1, 0.15) is 25.7 Å². The predicted molar refractivity (Wildman–Crippen MR) is 53.6 cm³/mol. The molecule has 0 aromatic rings. The monoisotopic (exact) mass is 261 g/mol. The van der Waals surface area contributed by atoms with Gasteiger partial charge in [0, 0.05) is 12.5 Å². The standard InChI is InChI=1S/C9H12BrNO3/c10-8-6-3-1-2-5(4-7(8)12)11(6)9(13)14/h5-6,8H,1-4H2,(H,13,14). The largest absolute Gasteiger partial charge is 0.465 e. The van der Waals surface area contributed by atoms with Crippen molar-refractivity contribution in [1.29, 1.82) is 0 Å². The number of amides is 1. The van der Waals surface area contributed by atoms with E-state index in [9.17, 15) is 9.59 Å². The van der Waals surface area contributed by atoms with E-state index in [2.05, 4.69) is 15.9 Å². The van der Waals surface area contributed by atoms with Crippen LogP contribution in [0.15, 0.2) is 0 Å². The van der Waals surface area contributed by atoms with Crippen LogP contribution in [-0.2, 0) is 4.79 Å². The molecule has 78 valence electrons. The fourth-order valence-corrected chi connectivity index (χ4v) is 3.16. The lowest BCUT2D eigenvalue weighted by Crippen LogP contribution is -2.59. The van der Waals surface area contributed by atoms with Gasteiger partial charge < -0.3 is 10.0 Å². The van der Waals surface area contributed by atoms with E-state index in [-0.39, 0.29) is 22.7 Å². The molecule has 0 aromatic heterocycles. The number of rotatable bonds is 0. The van der Waals surface area contributed by atoms with Crippen molar-refractivity contribution in [2.24, 2.45) is 0 Å². The summed E-state index contributed by atoms with van der Waals surface area (Å²) in [7, 11) is 0. The van der Waals surface area contributed by atoms with E-state index >= 15 is 0 Å². The highest BCUT2D eigenvalue weighted by Crippen LogP contribution is 2.35. The maximum Gasteiger partial charge on any atom is 0.407 e. The first-order valence-corrected chi connectivity index (χ1v) is 5.71. The average Bonchev–Trinajstić information content (AvgIpc) is 2.14. The third kappa shape index (κ3) is 1.43. The highest BCUT2D eigenvalue weighted by molar-refractivity contribution is 9.10. The van der Waals surface area contributed by atoms with Gasteiger partial charge in [-0.05, 0) is 19.3 Å². The van der Waals surface area contributed by atoms with E-state index in [0.717, 1.165) is 19.3 Å². The number of Topliss-reactive ketones (excluding diaryl/α,β-unsaturated/α-hetero) is 1. The van der Waals surface area contributed by atoms with Crippen molar-refractivity contribution in [1.82, 2.24) is 4.90 Å². The minimum Gasteiger partial charge on any atom is -0.465 e. The number of halogens is 1. The molecule has 3 unspecified atom stereocenters. The summed E-state index contributed by atoms with van der Waals surface area (Å²) in [5.41, 5.74) is 0. The fraction of sp³-hybridized carbons (Fsp3) is 0.778. The lowest BCUT2D eigenvalue weighted by Gasteiger charge is -2.45. The zero-order valence-corrected chi connectivity index (χ0v) is 9.24. The van der Waals surface area contributed by atoms with Gasteiger partial charge in [0.05, 0.1) is 10.9 Å². The van der Waals surface area contributed by atoms with Crippen molar-refractivity contribution < 1.29 is 14.7 Å². The summed E-state index contributed by atoms with van der Waals surface area (Å²) in [6.07, 6.45) is 2.13. The molecule has 2 aliphatic rings. The van der Waals surface area contributed by atoms with E-state index in [0.29, 0.717) is 6.42 Å². The predicted octanol–water partition coefficient (Wildman–Crippen LogP) is 1.62. The van der Waals surface area contributed by atoms with Gasteiger partial charge in [-0.25, -0.2) is 4.79 Å². The molecule has 2 aliphatic heterocycles. The lowest BCUT2D eigenvalue weighted by atomic mass is 9.84. The van der Waals surface area contributed by atoms with Crippen molar-refractivity contribution in [3.63, 3.8) is 0 Å². The van der Waals surface area contributed by atoms with Crippen LogP contribution in [0, 0.1) is 0 Å². The van der Waals surface area contributed by atoms with Crippen LogP contribution < -0.4 is 0 Å². The summed E-state index contributed by atoms with van der Waals surface area (Å²) in [6.45, 7) is 0. The average molecular weight is 262 g/mol. The van der Waals surface area contributed by atoms with Crippen LogP contribution >= 0.6 is 15.9 Å². The van der Waals surface area contributed by atoms with Gasteiger partial charge >= 0.3 is 6.09 Å². The minimum atomic E-state index is -0.892. The molecule has 0 radical (unpaired) electrons. The van der Waals surface area contributed by atoms with E-state index in [1.54, 1.807) is 0 Å². The molecule has 1 N–H and O–H groups in total. The smallest absolute Gasteiger partial charge is 0.407 e. The number of carboxylic acid groups (broad SMARTS) is 1. The number of piperidine rings is 2. The Morgan fingerprint density at radius 3 is 2.86 bits per heavy atom. The Morgan fingerprint density at radius 1 is 1.50 bits per heavy atom. The number of ketones is 1. The SMILES string of the molecule is O=C1CC2CCCC(C1Br)N2C(=O)O. The summed E-state index contributed by atoms with van der Waals surface area (Å²) in [6, 6.07) is -0.222. The topological polar surface area (TPSA) is 57.6 Å². The van der Waals surface area contributed by atoms with Gasteiger partial charge in [-0.2, -0.15) is 0 Å². The number of hydrogen-bond donors (Lipinski definition) is 1. The molecule has 2 rings (SSSR count). The van der Waals surface area contributed by atoms with E-state index in [4.69, 9.17) is 5.11 Å². The van der Waals surface area contributed by atoms with Gasteiger partial charge in [0.2, 0.25) is 0 Å². The summed E-state index contributed by atoms with van der Waals surface area (Å²) in [4.78, 5) is 23.7. The molecule has 4 nitrogen and oxygen atoms in total. The third-order valence-corrected chi connectivity index (χ3v) is 4.21. The summed E-state index contributed by atoms with van der Waals surface area (Å²) in [5.74, 6) is 0.150. The number of alkyl halides is 1. The van der Waals surface area contributed by atoms with Gasteiger partial charge in [-0.3, -0.25) is 4.79 Å². The normalized spacial score (nSPS) is 37.1. The van der Waals surface area contributed by atoms with Gasteiger partial charge in [-0.1, -0.05) is 15.9 Å². The molecule has 3 atom stereocenters. The Balaban J connectivity index is 2.26. The molecule has 0 aromatic carbocycles. The maximum absolute atomic E-state index is 11.5. The number of carbonyl (C=O) groups is 2. The Labute approximate surface area is 90.4 Å². The van der Waals surface area contributed by atoms with Crippen LogP contribution in [0.5, 0.6) is 0 Å². The van der Waals surface area contributed by atoms with Crippen molar-refractivity contribution in [2.45, 2.75) is 42.6 Å². The minimum absolute atomic E-state index is 0.0763. The second-order valence-electron chi connectivity index (χ2n) is 3.91. The van der Waals surface area contributed by atoms with Gasteiger partial charge in [0.1, 0.15) is 0 Å². The number of fused-ring (bicyclic) bond motifs is 2. The first kappa shape index (κ1) is 9.96. The highest BCUT2D eigenvalue weighted by atomic mass is 79.9. The van der Waals surface area contributed by atoms with Crippen molar-refractivity contribution in [2.75, 3.05) is 0 Å². The van der Waals surface area contributed by atoms with Crippen molar-refractivity contribution >= 4 is 27.8 Å². The van der Waals surface area contributed by atoms with Crippen LogP contribution in [0.25, 0.3) is 0 Å². The molecule has 0 aliphatic carbocycles. The van der Waals surface area contributed by atoms with Gasteiger partial charge in [0.15, 0.2) is 5.78 Å². The highest BCUT2D eigenvalue weighted by Gasteiger charge is 2.45. The Bertz CT molecular complexity index is 281. The lowest BCUT2D eigenvalue weighted by molar-refractivity contribution is -0.124. The van der Waals surface area contributed by atoms with Crippen LogP contribution in [-0.4, -0.2) is 38.8 Å². The van der Waals surface area contributed by atoms with Crippen LogP contribution in [0.4, 0.5) is 4.79 Å². The first-order valence-electron chi connectivity index (χ1n) is 4.79. The van der Waals surface area contributed by atoms with E-state index in [1.165, 1.54) is 4.90 Å². The Hall–Kier alpha value is -0.580. The molecule has 0 spiro atoms. The molecule has 14 heavy (non-hydrogen) atoms. The Morgan fingerprint density at radius 2 is 2.21 bits per heavy atom. The molecule has 1 amide bonds. The van der Waals surface area contributed by atoms with Crippen LogP contribution in [0.3, 0.4) is 0 Å². The zero-order chi connectivity index (χ0) is 10.3. The third-order valence-electron chi connectivity index (χ3n) is 3.09. The second kappa shape index (κ2) is 3.53. The van der Waals surface area contributed by atoms with Gasteiger partial charge in [0.25, 0.3) is 0 Å². The molecule has 2 bridgehead atoms. The summed E-state index contributed by atoms with van der Waals surface area (Å²) >= 11 is 3.30. The van der Waals surface area contributed by atoms with E-state index < -0.39 is 6.09 Å². The molecule has 5 heteroatoms. The number of carbonyl (C=O) groups excluding carboxylic acids is 1. The number of nitrogens with zero attached hydrogens (tertiary/aromatic N) is 1. The van der Waals surface area contributed by atoms with Crippen molar-refractivity contribution in [3.05, 3.63) is 0 Å². The van der Waals surface area contributed by atoms with Crippen molar-refractivity contribution in [3.8, 4) is 0 Å². The second-order valence-corrected chi connectivity index (χ2v) is 4.90. The van der Waals surface area contributed by atoms with Crippen LogP contribution in [0.2, 0.25) is 0 Å². The Kier molecular flexibility index (Phi) is 2.51. The van der Waals surface area contributed by atoms with Gasteiger partial charge in [-0.15, -0.1) is 0 Å².